The first kappa shape index (κ1) is 13.5. The van der Waals surface area contributed by atoms with Gasteiger partial charge >= 0.3 is 6.18 Å². The van der Waals surface area contributed by atoms with Crippen LogP contribution in [0.25, 0.3) is 0 Å². The average molecular weight is 237 g/mol. The number of rotatable bonds is 5. The molecule has 5 heteroatoms. The largest absolute Gasteiger partial charge is 0.411 e. The van der Waals surface area contributed by atoms with Gasteiger partial charge in [-0.15, -0.1) is 0 Å². The SMILES string of the molecule is NC1C=C(CCCOCC(F)(F)F)CCC1. The van der Waals surface area contributed by atoms with Gasteiger partial charge in [-0.2, -0.15) is 13.2 Å². The highest BCUT2D eigenvalue weighted by Crippen LogP contribution is 2.21. The summed E-state index contributed by atoms with van der Waals surface area (Å²) in [4.78, 5) is 0. The zero-order valence-corrected chi connectivity index (χ0v) is 9.22. The lowest BCUT2D eigenvalue weighted by Gasteiger charge is -2.17. The van der Waals surface area contributed by atoms with Crippen molar-refractivity contribution in [3.8, 4) is 0 Å². The lowest BCUT2D eigenvalue weighted by atomic mass is 9.93. The maximum absolute atomic E-state index is 11.7. The van der Waals surface area contributed by atoms with Gasteiger partial charge in [0.05, 0.1) is 0 Å². The zero-order valence-electron chi connectivity index (χ0n) is 9.22. The fourth-order valence-electron chi connectivity index (χ4n) is 1.83. The predicted octanol–water partition coefficient (Wildman–Crippen LogP) is 2.78. The van der Waals surface area contributed by atoms with Crippen molar-refractivity contribution in [1.29, 1.82) is 0 Å². The Kier molecular flexibility index (Phi) is 5.28. The third-order valence-corrected chi connectivity index (χ3v) is 2.54. The van der Waals surface area contributed by atoms with Crippen molar-refractivity contribution in [2.75, 3.05) is 13.2 Å². The number of halogens is 3. The summed E-state index contributed by atoms with van der Waals surface area (Å²) in [5.74, 6) is 0. The number of hydrogen-bond acceptors (Lipinski definition) is 2. The van der Waals surface area contributed by atoms with Crippen molar-refractivity contribution >= 4 is 0 Å². The second-order valence-electron chi connectivity index (χ2n) is 4.15. The van der Waals surface area contributed by atoms with Gasteiger partial charge in [0.25, 0.3) is 0 Å². The minimum atomic E-state index is -4.22. The summed E-state index contributed by atoms with van der Waals surface area (Å²) in [6, 6.07) is 0.125. The van der Waals surface area contributed by atoms with E-state index in [4.69, 9.17) is 5.73 Å². The quantitative estimate of drug-likeness (QED) is 0.589. The Labute approximate surface area is 93.6 Å². The highest BCUT2D eigenvalue weighted by atomic mass is 19.4. The van der Waals surface area contributed by atoms with E-state index in [-0.39, 0.29) is 12.6 Å². The molecule has 0 aromatic heterocycles. The molecule has 1 aliphatic rings. The van der Waals surface area contributed by atoms with Crippen LogP contribution in [0, 0.1) is 0 Å². The molecule has 0 spiro atoms. The van der Waals surface area contributed by atoms with Crippen molar-refractivity contribution < 1.29 is 17.9 Å². The molecule has 0 radical (unpaired) electrons. The molecule has 2 nitrogen and oxygen atoms in total. The van der Waals surface area contributed by atoms with Crippen LogP contribution in [0.2, 0.25) is 0 Å². The minimum absolute atomic E-state index is 0.125. The molecule has 1 aliphatic carbocycles. The molecule has 1 rings (SSSR count). The fraction of sp³-hybridized carbons (Fsp3) is 0.818. The van der Waals surface area contributed by atoms with Gasteiger partial charge in [-0.25, -0.2) is 0 Å². The molecule has 0 amide bonds. The van der Waals surface area contributed by atoms with E-state index in [1.54, 1.807) is 0 Å². The molecule has 0 saturated heterocycles. The summed E-state index contributed by atoms with van der Waals surface area (Å²) in [7, 11) is 0. The van der Waals surface area contributed by atoms with Crippen molar-refractivity contribution in [2.45, 2.75) is 44.3 Å². The van der Waals surface area contributed by atoms with Crippen molar-refractivity contribution in [3.05, 3.63) is 11.6 Å². The summed E-state index contributed by atoms with van der Waals surface area (Å²) in [6.45, 7) is -0.988. The standard InChI is InChI=1S/C11H18F3NO/c12-11(13,14)8-16-6-2-4-9-3-1-5-10(15)7-9/h7,10H,1-6,8,15H2. The van der Waals surface area contributed by atoms with Crippen molar-refractivity contribution in [2.24, 2.45) is 5.73 Å². The van der Waals surface area contributed by atoms with E-state index in [9.17, 15) is 13.2 Å². The fourth-order valence-corrected chi connectivity index (χ4v) is 1.83. The number of ether oxygens (including phenoxy) is 1. The van der Waals surface area contributed by atoms with E-state index >= 15 is 0 Å². The highest BCUT2D eigenvalue weighted by Gasteiger charge is 2.27. The molecule has 0 saturated carbocycles. The number of hydrogen-bond donors (Lipinski definition) is 1. The van der Waals surface area contributed by atoms with Gasteiger partial charge in [0.15, 0.2) is 0 Å². The van der Waals surface area contributed by atoms with E-state index in [2.05, 4.69) is 4.74 Å². The van der Waals surface area contributed by atoms with Gasteiger partial charge in [0.2, 0.25) is 0 Å². The van der Waals surface area contributed by atoms with Crippen molar-refractivity contribution in [1.82, 2.24) is 0 Å². The van der Waals surface area contributed by atoms with Crippen LogP contribution in [-0.4, -0.2) is 25.4 Å². The Hall–Kier alpha value is -0.550. The Morgan fingerprint density at radius 3 is 2.81 bits per heavy atom. The normalized spacial score (nSPS) is 22.0. The van der Waals surface area contributed by atoms with Gasteiger partial charge < -0.3 is 10.5 Å². The van der Waals surface area contributed by atoms with E-state index in [0.29, 0.717) is 6.42 Å². The Balaban J connectivity index is 2.07. The Morgan fingerprint density at radius 2 is 2.19 bits per heavy atom. The average Bonchev–Trinajstić information content (AvgIpc) is 2.15. The van der Waals surface area contributed by atoms with Gasteiger partial charge in [-0.05, 0) is 32.1 Å². The second kappa shape index (κ2) is 6.25. The predicted molar refractivity (Wildman–Crippen MR) is 56.0 cm³/mol. The molecule has 0 bridgehead atoms. The smallest absolute Gasteiger partial charge is 0.372 e. The molecule has 0 heterocycles. The first-order chi connectivity index (χ1) is 7.47. The summed E-state index contributed by atoms with van der Waals surface area (Å²) in [6.07, 6.45) is 2.36. The van der Waals surface area contributed by atoms with Crippen LogP contribution < -0.4 is 5.73 Å². The molecule has 16 heavy (non-hydrogen) atoms. The van der Waals surface area contributed by atoms with Crippen LogP contribution in [0.4, 0.5) is 13.2 Å². The van der Waals surface area contributed by atoms with Gasteiger partial charge in [-0.3, -0.25) is 0 Å². The summed E-state index contributed by atoms with van der Waals surface area (Å²) in [5.41, 5.74) is 7.01. The molecule has 1 unspecified atom stereocenters. The van der Waals surface area contributed by atoms with Crippen LogP contribution >= 0.6 is 0 Å². The first-order valence-corrected chi connectivity index (χ1v) is 5.57. The van der Waals surface area contributed by atoms with Gasteiger partial charge in [0.1, 0.15) is 6.61 Å². The topological polar surface area (TPSA) is 35.2 Å². The van der Waals surface area contributed by atoms with Crippen LogP contribution in [0.15, 0.2) is 11.6 Å². The molecular weight excluding hydrogens is 219 g/mol. The lowest BCUT2D eigenvalue weighted by molar-refractivity contribution is -0.174. The Morgan fingerprint density at radius 1 is 1.44 bits per heavy atom. The van der Waals surface area contributed by atoms with E-state index in [1.165, 1.54) is 5.57 Å². The number of allylic oxidation sites excluding steroid dienone is 1. The third kappa shape index (κ3) is 6.12. The molecule has 1 atom stereocenters. The minimum Gasteiger partial charge on any atom is -0.372 e. The Bertz CT molecular complexity index is 238. The summed E-state index contributed by atoms with van der Waals surface area (Å²) >= 11 is 0. The maximum Gasteiger partial charge on any atom is 0.411 e. The van der Waals surface area contributed by atoms with Crippen LogP contribution in [0.1, 0.15) is 32.1 Å². The second-order valence-corrected chi connectivity index (χ2v) is 4.15. The van der Waals surface area contributed by atoms with Crippen LogP contribution in [-0.2, 0) is 4.74 Å². The maximum atomic E-state index is 11.7. The summed E-state index contributed by atoms with van der Waals surface area (Å²) in [5, 5.41) is 0. The van der Waals surface area contributed by atoms with Gasteiger partial charge in [-0.1, -0.05) is 11.6 Å². The van der Waals surface area contributed by atoms with Crippen molar-refractivity contribution in [3.63, 3.8) is 0 Å². The monoisotopic (exact) mass is 237 g/mol. The molecule has 2 N–H and O–H groups in total. The molecule has 94 valence electrons. The molecule has 0 aliphatic heterocycles. The lowest BCUT2D eigenvalue weighted by Crippen LogP contribution is -2.20. The molecular formula is C11H18F3NO. The highest BCUT2D eigenvalue weighted by molar-refractivity contribution is 5.09. The number of nitrogens with two attached hydrogens (primary N) is 1. The van der Waals surface area contributed by atoms with E-state index in [1.807, 2.05) is 6.08 Å². The first-order valence-electron chi connectivity index (χ1n) is 5.57. The molecule has 0 aromatic rings. The molecule has 0 fully saturated rings. The van der Waals surface area contributed by atoms with E-state index < -0.39 is 12.8 Å². The van der Waals surface area contributed by atoms with E-state index in [0.717, 1.165) is 25.7 Å². The van der Waals surface area contributed by atoms with Crippen LogP contribution in [0.3, 0.4) is 0 Å². The third-order valence-electron chi connectivity index (χ3n) is 2.54. The number of alkyl halides is 3. The summed E-state index contributed by atoms with van der Waals surface area (Å²) < 4.78 is 39.7. The van der Waals surface area contributed by atoms with Crippen LogP contribution in [0.5, 0.6) is 0 Å². The van der Waals surface area contributed by atoms with Gasteiger partial charge in [0, 0.05) is 12.6 Å². The zero-order chi connectivity index (χ0) is 12.0. The molecule has 0 aromatic carbocycles.